The van der Waals surface area contributed by atoms with Crippen molar-refractivity contribution >= 4 is 11.3 Å². The average molecular weight is 295 g/mol. The second kappa shape index (κ2) is 6.57. The minimum Gasteiger partial charge on any atom is -0.308 e. The highest BCUT2D eigenvalue weighted by Gasteiger charge is 2.34. The molecule has 2 rings (SSSR count). The highest BCUT2D eigenvalue weighted by atomic mass is 32.1. The largest absolute Gasteiger partial charge is 0.308 e. The average Bonchev–Trinajstić information content (AvgIpc) is 2.93. The summed E-state index contributed by atoms with van der Waals surface area (Å²) in [5.74, 6) is 0.799. The van der Waals surface area contributed by atoms with Gasteiger partial charge < -0.3 is 5.32 Å². The Balaban J connectivity index is 1.97. The van der Waals surface area contributed by atoms with Gasteiger partial charge in [0.15, 0.2) is 0 Å². The minimum absolute atomic E-state index is 0.379. The first-order valence-corrected chi connectivity index (χ1v) is 8.91. The van der Waals surface area contributed by atoms with Crippen molar-refractivity contribution in [3.05, 3.63) is 15.6 Å². The molecule has 1 N–H and O–H groups in total. The molecule has 0 saturated heterocycles. The molecule has 2 nitrogen and oxygen atoms in total. The Morgan fingerprint density at radius 3 is 2.35 bits per heavy atom. The predicted octanol–water partition coefficient (Wildman–Crippen LogP) is 5.02. The lowest BCUT2D eigenvalue weighted by Gasteiger charge is -2.32. The summed E-state index contributed by atoms with van der Waals surface area (Å²) >= 11 is 1.81. The molecule has 114 valence electrons. The molecule has 1 atom stereocenters. The van der Waals surface area contributed by atoms with Gasteiger partial charge in [0.2, 0.25) is 0 Å². The Morgan fingerprint density at radius 2 is 1.85 bits per heavy atom. The maximum absolute atomic E-state index is 4.70. The first-order valence-electron chi connectivity index (χ1n) is 8.09. The number of nitrogens with zero attached hydrogens (tertiary/aromatic N) is 1. The highest BCUT2D eigenvalue weighted by molar-refractivity contribution is 7.11. The molecule has 0 aliphatic heterocycles. The van der Waals surface area contributed by atoms with Crippen molar-refractivity contribution in [1.82, 2.24) is 10.3 Å². The topological polar surface area (TPSA) is 24.9 Å². The molecular weight excluding hydrogens is 264 g/mol. The molecule has 0 bridgehead atoms. The fourth-order valence-electron chi connectivity index (χ4n) is 3.86. The molecule has 20 heavy (non-hydrogen) atoms. The molecule has 0 radical (unpaired) electrons. The fraction of sp³-hybridized carbons (Fsp3) is 0.824. The molecule has 1 aliphatic carbocycles. The molecule has 3 heteroatoms. The van der Waals surface area contributed by atoms with Crippen LogP contribution in [0.25, 0.3) is 0 Å². The monoisotopic (exact) mass is 294 g/mol. The fourth-order valence-corrected chi connectivity index (χ4v) is 4.77. The number of aromatic nitrogens is 1. The Hall–Kier alpha value is -0.410. The van der Waals surface area contributed by atoms with Crippen LogP contribution >= 0.6 is 11.3 Å². The zero-order valence-electron chi connectivity index (χ0n) is 13.8. The van der Waals surface area contributed by atoms with Crippen molar-refractivity contribution in [2.45, 2.75) is 72.8 Å². The van der Waals surface area contributed by atoms with Crippen molar-refractivity contribution in [2.24, 2.45) is 11.3 Å². The Labute approximate surface area is 128 Å². The van der Waals surface area contributed by atoms with Gasteiger partial charge in [-0.25, -0.2) is 4.98 Å². The summed E-state index contributed by atoms with van der Waals surface area (Å²) in [6.07, 6.45) is 7.00. The maximum atomic E-state index is 4.70. The van der Waals surface area contributed by atoms with Gasteiger partial charge in [0, 0.05) is 17.5 Å². The van der Waals surface area contributed by atoms with Crippen LogP contribution < -0.4 is 5.32 Å². The summed E-state index contributed by atoms with van der Waals surface area (Å²) in [6.45, 7) is 12.4. The standard InChI is InChI=1S/C17H30N2S/c1-12(2)10-17(8-6-7-9-17)11-18-13(3)16-14(4)20-15(5)19-16/h12-13,18H,6-11H2,1-5H3. The molecule has 0 amide bonds. The highest BCUT2D eigenvalue weighted by Crippen LogP contribution is 2.43. The Morgan fingerprint density at radius 1 is 1.20 bits per heavy atom. The van der Waals surface area contributed by atoms with Crippen molar-refractivity contribution in [2.75, 3.05) is 6.54 Å². The summed E-state index contributed by atoms with van der Waals surface area (Å²) < 4.78 is 0. The lowest BCUT2D eigenvalue weighted by atomic mass is 9.78. The summed E-state index contributed by atoms with van der Waals surface area (Å²) in [6, 6.07) is 0.379. The normalized spacial score (nSPS) is 19.7. The van der Waals surface area contributed by atoms with Crippen molar-refractivity contribution in [3.8, 4) is 0 Å². The van der Waals surface area contributed by atoms with Crippen LogP contribution in [0.15, 0.2) is 0 Å². The van der Waals surface area contributed by atoms with E-state index in [4.69, 9.17) is 4.98 Å². The van der Waals surface area contributed by atoms with Gasteiger partial charge in [-0.2, -0.15) is 0 Å². The zero-order chi connectivity index (χ0) is 14.8. The number of rotatable bonds is 6. The van der Waals surface area contributed by atoms with Crippen molar-refractivity contribution in [3.63, 3.8) is 0 Å². The van der Waals surface area contributed by atoms with Crippen LogP contribution in [0, 0.1) is 25.2 Å². The molecule has 0 aromatic carbocycles. The van der Waals surface area contributed by atoms with Crippen molar-refractivity contribution in [1.29, 1.82) is 0 Å². The third kappa shape index (κ3) is 3.82. The second-order valence-electron chi connectivity index (χ2n) is 7.08. The van der Waals surface area contributed by atoms with E-state index in [0.717, 1.165) is 12.5 Å². The SMILES string of the molecule is Cc1nc(C(C)NCC2(CC(C)C)CCCC2)c(C)s1. The van der Waals surface area contributed by atoms with Gasteiger partial charge in [0.05, 0.1) is 10.7 Å². The smallest absolute Gasteiger partial charge is 0.0900 e. The molecular formula is C17H30N2S. The molecule has 1 unspecified atom stereocenters. The van der Waals surface area contributed by atoms with E-state index < -0.39 is 0 Å². The molecule has 1 aliphatic rings. The van der Waals surface area contributed by atoms with Crippen LogP contribution in [0.4, 0.5) is 0 Å². The van der Waals surface area contributed by atoms with E-state index in [1.807, 2.05) is 11.3 Å². The molecule has 1 aromatic rings. The van der Waals surface area contributed by atoms with E-state index in [1.165, 1.54) is 47.7 Å². The quantitative estimate of drug-likeness (QED) is 0.797. The van der Waals surface area contributed by atoms with E-state index in [9.17, 15) is 0 Å². The van der Waals surface area contributed by atoms with Crippen LogP contribution in [-0.2, 0) is 0 Å². The third-order valence-electron chi connectivity index (χ3n) is 4.64. The Kier molecular flexibility index (Phi) is 5.25. The van der Waals surface area contributed by atoms with Crippen LogP contribution in [0.5, 0.6) is 0 Å². The Bertz CT molecular complexity index is 430. The first kappa shape index (κ1) is 16.0. The first-order chi connectivity index (χ1) is 9.42. The molecule has 1 saturated carbocycles. The number of thiazole rings is 1. The van der Waals surface area contributed by atoms with Gasteiger partial charge in [0.1, 0.15) is 0 Å². The van der Waals surface area contributed by atoms with Crippen LogP contribution in [0.3, 0.4) is 0 Å². The lowest BCUT2D eigenvalue weighted by Crippen LogP contribution is -2.35. The van der Waals surface area contributed by atoms with Gasteiger partial charge in [-0.1, -0.05) is 26.7 Å². The summed E-state index contributed by atoms with van der Waals surface area (Å²) in [5.41, 5.74) is 1.80. The number of aryl methyl sites for hydroxylation is 2. The van der Waals surface area contributed by atoms with Crippen LogP contribution in [0.2, 0.25) is 0 Å². The van der Waals surface area contributed by atoms with E-state index in [1.54, 1.807) is 0 Å². The van der Waals surface area contributed by atoms with Crippen LogP contribution in [-0.4, -0.2) is 11.5 Å². The lowest BCUT2D eigenvalue weighted by molar-refractivity contribution is 0.216. The van der Waals surface area contributed by atoms with Crippen molar-refractivity contribution < 1.29 is 0 Å². The van der Waals surface area contributed by atoms with Gasteiger partial charge in [0.25, 0.3) is 0 Å². The summed E-state index contributed by atoms with van der Waals surface area (Å²) in [4.78, 5) is 6.06. The molecule has 0 spiro atoms. The summed E-state index contributed by atoms with van der Waals surface area (Å²) in [5, 5.41) is 4.97. The van der Waals surface area contributed by atoms with Gasteiger partial charge in [-0.3, -0.25) is 0 Å². The van der Waals surface area contributed by atoms with Gasteiger partial charge >= 0.3 is 0 Å². The van der Waals surface area contributed by atoms with Crippen LogP contribution in [0.1, 0.15) is 74.5 Å². The van der Waals surface area contributed by atoms with E-state index in [2.05, 4.69) is 39.9 Å². The second-order valence-corrected chi connectivity index (χ2v) is 8.49. The van der Waals surface area contributed by atoms with E-state index in [-0.39, 0.29) is 0 Å². The minimum atomic E-state index is 0.379. The molecule has 1 fully saturated rings. The molecule has 1 heterocycles. The predicted molar refractivity (Wildman–Crippen MR) is 88.4 cm³/mol. The number of hydrogen-bond acceptors (Lipinski definition) is 3. The summed E-state index contributed by atoms with van der Waals surface area (Å²) in [7, 11) is 0. The third-order valence-corrected chi connectivity index (χ3v) is 5.54. The van der Waals surface area contributed by atoms with Gasteiger partial charge in [-0.15, -0.1) is 11.3 Å². The number of nitrogens with one attached hydrogen (secondary N) is 1. The number of hydrogen-bond donors (Lipinski definition) is 1. The van der Waals surface area contributed by atoms with E-state index in [0.29, 0.717) is 11.5 Å². The maximum Gasteiger partial charge on any atom is 0.0900 e. The van der Waals surface area contributed by atoms with Gasteiger partial charge in [-0.05, 0) is 51.4 Å². The zero-order valence-corrected chi connectivity index (χ0v) is 14.6. The van der Waals surface area contributed by atoms with E-state index >= 15 is 0 Å². The molecule has 1 aromatic heterocycles.